The summed E-state index contributed by atoms with van der Waals surface area (Å²) in [6.07, 6.45) is 1.31. The van der Waals surface area contributed by atoms with E-state index in [1.165, 1.54) is 5.56 Å². The Morgan fingerprint density at radius 2 is 1.91 bits per heavy atom. The standard InChI is InChI=1S/C18H26N4O/c1-12(10-16-13(2)21-22(4)14(16)3)20-18(23)17(19)11-15-8-6-5-7-9-15/h5-9,12,17H,10-11,19H2,1-4H3,(H,20,23)/t12?,17-/m0/s1. The summed E-state index contributed by atoms with van der Waals surface area (Å²) < 4.78 is 1.88. The van der Waals surface area contributed by atoms with Gasteiger partial charge in [0.1, 0.15) is 0 Å². The van der Waals surface area contributed by atoms with Crippen molar-refractivity contribution in [1.29, 1.82) is 0 Å². The quantitative estimate of drug-likeness (QED) is 0.851. The van der Waals surface area contributed by atoms with Crippen LogP contribution in [0, 0.1) is 13.8 Å². The van der Waals surface area contributed by atoms with Crippen molar-refractivity contribution in [2.75, 3.05) is 0 Å². The van der Waals surface area contributed by atoms with Gasteiger partial charge in [-0.15, -0.1) is 0 Å². The van der Waals surface area contributed by atoms with Crippen LogP contribution in [0.15, 0.2) is 30.3 Å². The van der Waals surface area contributed by atoms with E-state index in [1.54, 1.807) is 0 Å². The molecule has 0 aliphatic heterocycles. The highest BCUT2D eigenvalue weighted by Gasteiger charge is 2.18. The number of carbonyl (C=O) groups is 1. The Morgan fingerprint density at radius 1 is 1.26 bits per heavy atom. The van der Waals surface area contributed by atoms with Crippen molar-refractivity contribution in [3.05, 3.63) is 52.8 Å². The number of amides is 1. The van der Waals surface area contributed by atoms with E-state index in [-0.39, 0.29) is 11.9 Å². The number of aryl methyl sites for hydroxylation is 2. The molecule has 5 nitrogen and oxygen atoms in total. The maximum atomic E-state index is 12.3. The van der Waals surface area contributed by atoms with Gasteiger partial charge >= 0.3 is 0 Å². The molecule has 0 aliphatic carbocycles. The van der Waals surface area contributed by atoms with Gasteiger partial charge in [0.05, 0.1) is 11.7 Å². The van der Waals surface area contributed by atoms with Gasteiger partial charge in [0.15, 0.2) is 0 Å². The van der Waals surface area contributed by atoms with Crippen molar-refractivity contribution in [2.24, 2.45) is 12.8 Å². The first kappa shape index (κ1) is 17.2. The summed E-state index contributed by atoms with van der Waals surface area (Å²) in [5.74, 6) is -0.111. The van der Waals surface area contributed by atoms with Crippen LogP contribution in [0.25, 0.3) is 0 Å². The van der Waals surface area contributed by atoms with E-state index in [0.717, 1.165) is 23.4 Å². The first-order chi connectivity index (χ1) is 10.9. The van der Waals surface area contributed by atoms with Crippen LogP contribution in [0.3, 0.4) is 0 Å². The van der Waals surface area contributed by atoms with Gasteiger partial charge in [-0.1, -0.05) is 30.3 Å². The van der Waals surface area contributed by atoms with Crippen molar-refractivity contribution in [3.8, 4) is 0 Å². The monoisotopic (exact) mass is 314 g/mol. The summed E-state index contributed by atoms with van der Waals surface area (Å²) >= 11 is 0. The van der Waals surface area contributed by atoms with Crippen LogP contribution < -0.4 is 11.1 Å². The number of hydrogen-bond acceptors (Lipinski definition) is 3. The van der Waals surface area contributed by atoms with E-state index in [0.29, 0.717) is 6.42 Å². The normalized spacial score (nSPS) is 13.6. The van der Waals surface area contributed by atoms with Crippen LogP contribution in [0.5, 0.6) is 0 Å². The molecule has 0 bridgehead atoms. The molecular formula is C18H26N4O. The summed E-state index contributed by atoms with van der Waals surface area (Å²) in [6, 6.07) is 9.32. The van der Waals surface area contributed by atoms with Crippen LogP contribution in [-0.4, -0.2) is 27.8 Å². The lowest BCUT2D eigenvalue weighted by Gasteiger charge is -2.18. The minimum absolute atomic E-state index is 0.0194. The fraction of sp³-hybridized carbons (Fsp3) is 0.444. The largest absolute Gasteiger partial charge is 0.352 e. The summed E-state index contributed by atoms with van der Waals surface area (Å²) in [5, 5.41) is 7.42. The molecule has 23 heavy (non-hydrogen) atoms. The molecule has 1 amide bonds. The van der Waals surface area contributed by atoms with Crippen molar-refractivity contribution in [1.82, 2.24) is 15.1 Å². The topological polar surface area (TPSA) is 72.9 Å². The van der Waals surface area contributed by atoms with Gasteiger partial charge in [-0.3, -0.25) is 9.48 Å². The molecule has 1 aromatic heterocycles. The van der Waals surface area contributed by atoms with Crippen molar-refractivity contribution < 1.29 is 4.79 Å². The van der Waals surface area contributed by atoms with E-state index < -0.39 is 6.04 Å². The minimum atomic E-state index is -0.532. The van der Waals surface area contributed by atoms with E-state index in [4.69, 9.17) is 5.73 Å². The molecule has 124 valence electrons. The van der Waals surface area contributed by atoms with E-state index >= 15 is 0 Å². The van der Waals surface area contributed by atoms with Crippen molar-refractivity contribution in [2.45, 2.75) is 45.7 Å². The van der Waals surface area contributed by atoms with Crippen LogP contribution in [0.1, 0.15) is 29.4 Å². The molecule has 0 saturated heterocycles. The molecule has 1 unspecified atom stereocenters. The highest BCUT2D eigenvalue weighted by Crippen LogP contribution is 2.14. The number of nitrogens with zero attached hydrogens (tertiary/aromatic N) is 2. The zero-order chi connectivity index (χ0) is 17.0. The first-order valence-electron chi connectivity index (χ1n) is 7.97. The lowest BCUT2D eigenvalue weighted by Crippen LogP contribution is -2.46. The average molecular weight is 314 g/mol. The molecule has 1 aromatic carbocycles. The summed E-state index contributed by atoms with van der Waals surface area (Å²) in [5.41, 5.74) is 10.4. The molecule has 0 radical (unpaired) electrons. The van der Waals surface area contributed by atoms with Crippen LogP contribution >= 0.6 is 0 Å². The predicted molar refractivity (Wildman–Crippen MR) is 92.1 cm³/mol. The number of hydrogen-bond donors (Lipinski definition) is 2. The number of nitrogens with two attached hydrogens (primary N) is 1. The Bertz CT molecular complexity index is 663. The molecule has 0 fully saturated rings. The van der Waals surface area contributed by atoms with Crippen LogP contribution in [0.4, 0.5) is 0 Å². The summed E-state index contributed by atoms with van der Waals surface area (Å²) in [4.78, 5) is 12.3. The third-order valence-corrected chi connectivity index (χ3v) is 4.19. The lowest BCUT2D eigenvalue weighted by molar-refractivity contribution is -0.122. The minimum Gasteiger partial charge on any atom is -0.352 e. The summed E-state index contributed by atoms with van der Waals surface area (Å²) in [7, 11) is 1.94. The van der Waals surface area contributed by atoms with Gasteiger partial charge in [-0.2, -0.15) is 5.10 Å². The third-order valence-electron chi connectivity index (χ3n) is 4.19. The van der Waals surface area contributed by atoms with Crippen molar-refractivity contribution in [3.63, 3.8) is 0 Å². The van der Waals surface area contributed by atoms with Crippen LogP contribution in [-0.2, 0) is 24.7 Å². The van der Waals surface area contributed by atoms with Gasteiger partial charge < -0.3 is 11.1 Å². The molecule has 1 heterocycles. The van der Waals surface area contributed by atoms with E-state index in [1.807, 2.05) is 62.8 Å². The molecule has 3 N–H and O–H groups in total. The number of nitrogens with one attached hydrogen (secondary N) is 1. The molecular weight excluding hydrogens is 288 g/mol. The SMILES string of the molecule is Cc1nn(C)c(C)c1CC(C)NC(=O)[C@@H](N)Cc1ccccc1. The van der Waals surface area contributed by atoms with E-state index in [9.17, 15) is 4.79 Å². The van der Waals surface area contributed by atoms with Crippen LogP contribution in [0.2, 0.25) is 0 Å². The highest BCUT2D eigenvalue weighted by atomic mass is 16.2. The number of aromatic nitrogens is 2. The number of benzene rings is 1. The zero-order valence-corrected chi connectivity index (χ0v) is 14.3. The second-order valence-electron chi connectivity index (χ2n) is 6.18. The molecule has 5 heteroatoms. The highest BCUT2D eigenvalue weighted by molar-refractivity contribution is 5.82. The zero-order valence-electron chi connectivity index (χ0n) is 14.3. The maximum Gasteiger partial charge on any atom is 0.237 e. The summed E-state index contributed by atoms with van der Waals surface area (Å²) in [6.45, 7) is 6.04. The second kappa shape index (κ2) is 7.42. The predicted octanol–water partition coefficient (Wildman–Crippen LogP) is 1.65. The molecule has 2 atom stereocenters. The Balaban J connectivity index is 1.91. The van der Waals surface area contributed by atoms with Gasteiger partial charge in [0.25, 0.3) is 0 Å². The van der Waals surface area contributed by atoms with E-state index in [2.05, 4.69) is 10.4 Å². The molecule has 0 saturated carbocycles. The van der Waals surface area contributed by atoms with Gasteiger partial charge in [0.2, 0.25) is 5.91 Å². The smallest absolute Gasteiger partial charge is 0.237 e. The number of rotatable bonds is 6. The van der Waals surface area contributed by atoms with Gasteiger partial charge in [0, 0.05) is 18.8 Å². The fourth-order valence-corrected chi connectivity index (χ4v) is 2.78. The van der Waals surface area contributed by atoms with Gasteiger partial charge in [-0.05, 0) is 44.7 Å². The second-order valence-corrected chi connectivity index (χ2v) is 6.18. The van der Waals surface area contributed by atoms with Crippen molar-refractivity contribution >= 4 is 5.91 Å². The number of carbonyl (C=O) groups excluding carboxylic acids is 1. The average Bonchev–Trinajstić information content (AvgIpc) is 2.74. The Labute approximate surface area is 137 Å². The Morgan fingerprint density at radius 3 is 2.48 bits per heavy atom. The lowest BCUT2D eigenvalue weighted by atomic mass is 10.0. The molecule has 2 aromatic rings. The Hall–Kier alpha value is -2.14. The first-order valence-corrected chi connectivity index (χ1v) is 7.97. The molecule has 2 rings (SSSR count). The molecule has 0 spiro atoms. The molecule has 0 aliphatic rings. The Kier molecular flexibility index (Phi) is 5.55. The van der Waals surface area contributed by atoms with Gasteiger partial charge in [-0.25, -0.2) is 0 Å². The fourth-order valence-electron chi connectivity index (χ4n) is 2.78. The third kappa shape index (κ3) is 4.42. The maximum absolute atomic E-state index is 12.3.